The number of anilines is 3. The first-order chi connectivity index (χ1) is 18.2. The zero-order chi connectivity index (χ0) is 27.0. The molecule has 0 unspecified atom stereocenters. The Labute approximate surface area is 217 Å². The van der Waals surface area contributed by atoms with Crippen molar-refractivity contribution in [2.75, 3.05) is 50.1 Å². The van der Waals surface area contributed by atoms with E-state index in [4.69, 9.17) is 9.47 Å². The van der Waals surface area contributed by atoms with Gasteiger partial charge in [-0.25, -0.2) is 18.1 Å². The van der Waals surface area contributed by atoms with Gasteiger partial charge in [0.05, 0.1) is 12.1 Å². The fourth-order valence-electron chi connectivity index (χ4n) is 4.34. The van der Waals surface area contributed by atoms with Crippen LogP contribution < -0.4 is 15.0 Å². The summed E-state index contributed by atoms with van der Waals surface area (Å²) in [6.45, 7) is 8.33. The van der Waals surface area contributed by atoms with Crippen LogP contribution in [0.1, 0.15) is 18.3 Å². The van der Waals surface area contributed by atoms with E-state index in [0.717, 1.165) is 29.4 Å². The van der Waals surface area contributed by atoms with Gasteiger partial charge >= 0.3 is 12.1 Å². The number of ether oxygens (including phenoxy) is 2. The number of benzene rings is 1. The number of H-pyrrole nitrogens is 1. The molecule has 38 heavy (non-hydrogen) atoms. The number of nitrogens with zero attached hydrogens (tertiary/aromatic N) is 6. The molecular weight excluding hydrogens is 498 g/mol. The molecule has 0 radical (unpaired) electrons. The summed E-state index contributed by atoms with van der Waals surface area (Å²) in [5.41, 5.74) is 1.27. The number of aryl methyl sites for hydroxylation is 2. The molecule has 4 heterocycles. The average molecular weight is 527 g/mol. The van der Waals surface area contributed by atoms with E-state index < -0.39 is 23.5 Å². The standard InChI is InChI=1S/C25H28F2N8O3/c1-5-37-25(36)35-15(3)11-16-18(35)12-17(26)23(22(16)27)38-24-29-19(28-20-10-14(2)31-32-20)13-21(30-24)34-8-6-33(4)7-9-34/h10-13H,5-9H2,1-4H3,(H2,28,29,30,31,32). The second-order valence-electron chi connectivity index (χ2n) is 9.10. The Morgan fingerprint density at radius 2 is 1.84 bits per heavy atom. The van der Waals surface area contributed by atoms with Crippen LogP contribution in [0.25, 0.3) is 10.9 Å². The van der Waals surface area contributed by atoms with Crippen molar-refractivity contribution < 1.29 is 23.0 Å². The van der Waals surface area contributed by atoms with Gasteiger partial charge in [-0.3, -0.25) is 5.10 Å². The molecule has 200 valence electrons. The molecule has 4 aromatic rings. The highest BCUT2D eigenvalue weighted by atomic mass is 19.1. The number of rotatable bonds is 6. The summed E-state index contributed by atoms with van der Waals surface area (Å²) in [7, 11) is 2.04. The summed E-state index contributed by atoms with van der Waals surface area (Å²) < 4.78 is 42.6. The molecule has 1 saturated heterocycles. The normalized spacial score (nSPS) is 14.2. The molecule has 0 aliphatic carbocycles. The van der Waals surface area contributed by atoms with Crippen LogP contribution in [0, 0.1) is 25.5 Å². The molecule has 1 fully saturated rings. The zero-order valence-corrected chi connectivity index (χ0v) is 21.5. The minimum atomic E-state index is -1.01. The van der Waals surface area contributed by atoms with Crippen LogP contribution in [0.15, 0.2) is 24.3 Å². The molecule has 5 rings (SSSR count). The van der Waals surface area contributed by atoms with Crippen molar-refractivity contribution in [3.63, 3.8) is 0 Å². The maximum atomic E-state index is 15.6. The van der Waals surface area contributed by atoms with Crippen LogP contribution >= 0.6 is 0 Å². The van der Waals surface area contributed by atoms with Crippen LogP contribution in [0.5, 0.6) is 11.8 Å². The lowest BCUT2D eigenvalue weighted by Crippen LogP contribution is -2.44. The predicted octanol–water partition coefficient (Wildman–Crippen LogP) is 4.34. The molecule has 0 spiro atoms. The van der Waals surface area contributed by atoms with Gasteiger partial charge in [0.15, 0.2) is 17.5 Å². The van der Waals surface area contributed by atoms with Crippen molar-refractivity contribution in [2.45, 2.75) is 20.8 Å². The number of likely N-dealkylation sites (N-methyl/N-ethyl adjacent to an activating group) is 1. The first kappa shape index (κ1) is 25.4. The molecule has 11 nitrogen and oxygen atoms in total. The van der Waals surface area contributed by atoms with Crippen molar-refractivity contribution in [1.82, 2.24) is 29.6 Å². The van der Waals surface area contributed by atoms with Gasteiger partial charge in [-0.15, -0.1) is 0 Å². The van der Waals surface area contributed by atoms with Crippen LogP contribution in [0.4, 0.5) is 31.0 Å². The van der Waals surface area contributed by atoms with Gasteiger partial charge in [-0.2, -0.15) is 15.1 Å². The van der Waals surface area contributed by atoms with Crippen molar-refractivity contribution in [3.8, 4) is 11.8 Å². The van der Waals surface area contributed by atoms with Gasteiger partial charge in [0.1, 0.15) is 11.6 Å². The van der Waals surface area contributed by atoms with Gasteiger partial charge in [0.2, 0.25) is 5.75 Å². The topological polar surface area (TPSA) is 113 Å². The van der Waals surface area contributed by atoms with Gasteiger partial charge in [-0.1, -0.05) is 0 Å². The minimum Gasteiger partial charge on any atom is -0.449 e. The maximum absolute atomic E-state index is 15.6. The summed E-state index contributed by atoms with van der Waals surface area (Å²) >= 11 is 0. The van der Waals surface area contributed by atoms with Crippen LogP contribution in [0.3, 0.4) is 0 Å². The van der Waals surface area contributed by atoms with Crippen molar-refractivity contribution in [3.05, 3.63) is 47.3 Å². The van der Waals surface area contributed by atoms with Gasteiger partial charge in [0, 0.05) is 61.2 Å². The predicted molar refractivity (Wildman–Crippen MR) is 137 cm³/mol. The van der Waals surface area contributed by atoms with E-state index in [1.807, 2.05) is 18.9 Å². The fourth-order valence-corrected chi connectivity index (χ4v) is 4.34. The molecule has 0 bridgehead atoms. The Bertz CT molecular complexity index is 1490. The largest absolute Gasteiger partial charge is 0.449 e. The summed E-state index contributed by atoms with van der Waals surface area (Å²) in [5, 5.41) is 10.1. The number of carbonyl (C=O) groups is 1. The van der Waals surface area contributed by atoms with Crippen LogP contribution in [0.2, 0.25) is 0 Å². The number of piperazine rings is 1. The smallest absolute Gasteiger partial charge is 0.418 e. The molecule has 0 atom stereocenters. The Morgan fingerprint density at radius 3 is 2.53 bits per heavy atom. The molecule has 3 aromatic heterocycles. The van der Waals surface area contributed by atoms with E-state index in [0.29, 0.717) is 36.2 Å². The third-order valence-corrected chi connectivity index (χ3v) is 6.26. The number of halogens is 2. The third kappa shape index (κ3) is 4.96. The number of fused-ring (bicyclic) bond motifs is 1. The fraction of sp³-hybridized carbons (Fsp3) is 0.360. The lowest BCUT2D eigenvalue weighted by Gasteiger charge is -2.33. The van der Waals surface area contributed by atoms with E-state index in [1.54, 1.807) is 26.0 Å². The minimum absolute atomic E-state index is 0.00696. The Kier molecular flexibility index (Phi) is 6.85. The molecule has 2 N–H and O–H groups in total. The number of carbonyl (C=O) groups excluding carboxylic acids is 1. The quantitative estimate of drug-likeness (QED) is 0.379. The third-order valence-electron chi connectivity index (χ3n) is 6.26. The molecule has 1 aliphatic rings. The van der Waals surface area contributed by atoms with E-state index in [-0.39, 0.29) is 23.5 Å². The molecule has 1 aliphatic heterocycles. The Hall–Kier alpha value is -4.26. The molecule has 0 saturated carbocycles. The summed E-state index contributed by atoms with van der Waals surface area (Å²) in [6, 6.07) is 5.76. The highest BCUT2D eigenvalue weighted by Crippen LogP contribution is 2.35. The molecular formula is C25H28F2N8O3. The van der Waals surface area contributed by atoms with Crippen LogP contribution in [-0.4, -0.2) is 75.6 Å². The van der Waals surface area contributed by atoms with Gasteiger partial charge in [0.25, 0.3) is 0 Å². The number of aromatic amines is 1. The Balaban J connectivity index is 1.53. The summed E-state index contributed by atoms with van der Waals surface area (Å²) in [5.74, 6) is -1.24. The average Bonchev–Trinajstić information content (AvgIpc) is 3.44. The second-order valence-corrected chi connectivity index (χ2v) is 9.10. The highest BCUT2D eigenvalue weighted by molar-refractivity contribution is 5.92. The summed E-state index contributed by atoms with van der Waals surface area (Å²) in [4.78, 5) is 25.4. The maximum Gasteiger partial charge on any atom is 0.418 e. The van der Waals surface area contributed by atoms with Crippen molar-refractivity contribution >= 4 is 34.4 Å². The monoisotopic (exact) mass is 526 g/mol. The molecule has 13 heteroatoms. The molecule has 0 amide bonds. The summed E-state index contributed by atoms with van der Waals surface area (Å²) in [6.07, 6.45) is -0.722. The number of hydrogen-bond acceptors (Lipinski definition) is 9. The lowest BCUT2D eigenvalue weighted by atomic mass is 10.2. The van der Waals surface area contributed by atoms with E-state index in [1.165, 1.54) is 6.07 Å². The van der Waals surface area contributed by atoms with Crippen LogP contribution in [-0.2, 0) is 4.74 Å². The second kappa shape index (κ2) is 10.2. The number of hydrogen-bond donors (Lipinski definition) is 2. The SMILES string of the molecule is CCOC(=O)n1c(C)cc2c(F)c(Oc3nc(Nc4cc(C)[nH]n4)cc(N4CCN(C)CC4)n3)c(F)cc21. The van der Waals surface area contributed by atoms with E-state index in [2.05, 4.69) is 30.4 Å². The highest BCUT2D eigenvalue weighted by Gasteiger charge is 2.24. The van der Waals surface area contributed by atoms with E-state index in [9.17, 15) is 4.79 Å². The van der Waals surface area contributed by atoms with Crippen molar-refractivity contribution in [1.29, 1.82) is 0 Å². The first-order valence-electron chi connectivity index (χ1n) is 12.2. The number of aromatic nitrogens is 5. The first-order valence-corrected chi connectivity index (χ1v) is 12.2. The van der Waals surface area contributed by atoms with Gasteiger partial charge in [-0.05, 0) is 33.9 Å². The number of nitrogens with one attached hydrogen (secondary N) is 2. The zero-order valence-electron chi connectivity index (χ0n) is 21.5. The Morgan fingerprint density at radius 1 is 1.08 bits per heavy atom. The molecule has 1 aromatic carbocycles. The van der Waals surface area contributed by atoms with Gasteiger partial charge < -0.3 is 24.6 Å². The van der Waals surface area contributed by atoms with Crippen molar-refractivity contribution in [2.24, 2.45) is 0 Å². The lowest BCUT2D eigenvalue weighted by molar-refractivity contribution is 0.154. The van der Waals surface area contributed by atoms with E-state index >= 15 is 8.78 Å².